The lowest BCUT2D eigenvalue weighted by Gasteiger charge is -2.17. The molecule has 2 unspecified atom stereocenters. The third kappa shape index (κ3) is 8.51. The third-order valence-corrected chi connectivity index (χ3v) is 3.34. The SMILES string of the molecule is COCCC(NC(=O)C(N)CCS(C)(=O)=O)C(=O)O. The minimum atomic E-state index is -3.21. The number of carbonyl (C=O) groups excluding carboxylic acids is 1. The molecule has 0 aliphatic rings. The molecular weight excluding hydrogens is 276 g/mol. The molecule has 0 radical (unpaired) electrons. The van der Waals surface area contributed by atoms with Gasteiger partial charge in [0, 0.05) is 26.4 Å². The molecule has 0 aromatic carbocycles. The predicted molar refractivity (Wildman–Crippen MR) is 68.4 cm³/mol. The first-order chi connectivity index (χ1) is 8.67. The Morgan fingerprint density at radius 2 is 1.95 bits per heavy atom. The first-order valence-electron chi connectivity index (χ1n) is 5.62. The first-order valence-corrected chi connectivity index (χ1v) is 7.69. The van der Waals surface area contributed by atoms with Crippen LogP contribution in [0.5, 0.6) is 0 Å². The second-order valence-electron chi connectivity index (χ2n) is 4.21. The summed E-state index contributed by atoms with van der Waals surface area (Å²) in [6.07, 6.45) is 1.09. The second kappa shape index (κ2) is 8.08. The summed E-state index contributed by atoms with van der Waals surface area (Å²) in [5, 5.41) is 11.1. The highest BCUT2D eigenvalue weighted by molar-refractivity contribution is 7.90. The van der Waals surface area contributed by atoms with Crippen molar-refractivity contribution in [1.29, 1.82) is 0 Å². The fourth-order valence-corrected chi connectivity index (χ4v) is 1.93. The van der Waals surface area contributed by atoms with E-state index in [0.29, 0.717) is 0 Å². The third-order valence-electron chi connectivity index (χ3n) is 2.36. The van der Waals surface area contributed by atoms with E-state index in [0.717, 1.165) is 6.26 Å². The van der Waals surface area contributed by atoms with Crippen LogP contribution < -0.4 is 11.1 Å². The van der Waals surface area contributed by atoms with Crippen LogP contribution in [-0.2, 0) is 24.2 Å². The maximum absolute atomic E-state index is 11.6. The van der Waals surface area contributed by atoms with Gasteiger partial charge in [0.05, 0.1) is 11.8 Å². The Morgan fingerprint density at radius 3 is 2.37 bits per heavy atom. The molecule has 0 aliphatic heterocycles. The molecule has 0 aliphatic carbocycles. The quantitative estimate of drug-likeness (QED) is 0.464. The second-order valence-corrected chi connectivity index (χ2v) is 6.47. The number of rotatable bonds is 9. The number of nitrogens with two attached hydrogens (primary N) is 1. The van der Waals surface area contributed by atoms with E-state index in [9.17, 15) is 18.0 Å². The van der Waals surface area contributed by atoms with Crippen LogP contribution in [0.3, 0.4) is 0 Å². The number of carboxylic acids is 1. The Morgan fingerprint density at radius 1 is 1.37 bits per heavy atom. The van der Waals surface area contributed by atoms with Gasteiger partial charge in [-0.25, -0.2) is 13.2 Å². The molecule has 0 spiro atoms. The summed E-state index contributed by atoms with van der Waals surface area (Å²) in [7, 11) is -1.79. The average molecular weight is 296 g/mol. The van der Waals surface area contributed by atoms with Crippen molar-refractivity contribution in [3.05, 3.63) is 0 Å². The molecule has 0 fully saturated rings. The molecule has 0 aromatic rings. The van der Waals surface area contributed by atoms with E-state index in [2.05, 4.69) is 5.32 Å². The van der Waals surface area contributed by atoms with Crippen LogP contribution in [0.2, 0.25) is 0 Å². The maximum Gasteiger partial charge on any atom is 0.326 e. The lowest BCUT2D eigenvalue weighted by atomic mass is 10.1. The van der Waals surface area contributed by atoms with Gasteiger partial charge in [-0.3, -0.25) is 4.79 Å². The summed E-state index contributed by atoms with van der Waals surface area (Å²) in [5.74, 6) is -2.11. The topological polar surface area (TPSA) is 136 Å². The van der Waals surface area contributed by atoms with Gasteiger partial charge in [0.25, 0.3) is 0 Å². The number of amides is 1. The molecule has 8 nitrogen and oxygen atoms in total. The lowest BCUT2D eigenvalue weighted by Crippen LogP contribution is -2.49. The summed E-state index contributed by atoms with van der Waals surface area (Å²) in [6.45, 7) is 0.176. The predicted octanol–water partition coefficient (Wildman–Crippen LogP) is -1.65. The molecule has 0 heterocycles. The van der Waals surface area contributed by atoms with E-state index < -0.39 is 33.8 Å². The number of ether oxygens (including phenoxy) is 1. The molecule has 0 aromatic heterocycles. The van der Waals surface area contributed by atoms with Crippen molar-refractivity contribution in [2.75, 3.05) is 25.7 Å². The van der Waals surface area contributed by atoms with Gasteiger partial charge in [-0.1, -0.05) is 0 Å². The highest BCUT2D eigenvalue weighted by Gasteiger charge is 2.23. The molecule has 2 atom stereocenters. The normalized spacial score (nSPS) is 14.7. The van der Waals surface area contributed by atoms with Gasteiger partial charge in [0.15, 0.2) is 0 Å². The van der Waals surface area contributed by atoms with Crippen molar-refractivity contribution in [2.24, 2.45) is 5.73 Å². The Bertz CT molecular complexity index is 408. The van der Waals surface area contributed by atoms with E-state index in [4.69, 9.17) is 15.6 Å². The summed E-state index contributed by atoms with van der Waals surface area (Å²) in [4.78, 5) is 22.5. The zero-order valence-electron chi connectivity index (χ0n) is 11.0. The molecule has 0 saturated heterocycles. The fourth-order valence-electron chi connectivity index (χ4n) is 1.24. The first kappa shape index (κ1) is 17.8. The lowest BCUT2D eigenvalue weighted by molar-refractivity contribution is -0.142. The smallest absolute Gasteiger partial charge is 0.326 e. The molecule has 4 N–H and O–H groups in total. The summed E-state index contributed by atoms with van der Waals surface area (Å²) >= 11 is 0. The number of nitrogens with one attached hydrogen (secondary N) is 1. The number of carbonyl (C=O) groups is 2. The Kier molecular flexibility index (Phi) is 7.57. The minimum absolute atomic E-state index is 0.0543. The van der Waals surface area contributed by atoms with Crippen molar-refractivity contribution in [3.8, 4) is 0 Å². The maximum atomic E-state index is 11.6. The van der Waals surface area contributed by atoms with Crippen molar-refractivity contribution >= 4 is 21.7 Å². The van der Waals surface area contributed by atoms with E-state index in [1.807, 2.05) is 0 Å². The fraction of sp³-hybridized carbons (Fsp3) is 0.800. The highest BCUT2D eigenvalue weighted by Crippen LogP contribution is 1.98. The number of hydrogen-bond acceptors (Lipinski definition) is 6. The van der Waals surface area contributed by atoms with Gasteiger partial charge in [0.1, 0.15) is 15.9 Å². The van der Waals surface area contributed by atoms with Gasteiger partial charge in [-0.05, 0) is 6.42 Å². The Balaban J connectivity index is 4.34. The van der Waals surface area contributed by atoms with Crippen LogP contribution in [0, 0.1) is 0 Å². The molecule has 19 heavy (non-hydrogen) atoms. The monoisotopic (exact) mass is 296 g/mol. The molecular formula is C10H20N2O6S. The zero-order chi connectivity index (χ0) is 15.1. The largest absolute Gasteiger partial charge is 0.480 e. The van der Waals surface area contributed by atoms with Crippen LogP contribution in [0.4, 0.5) is 0 Å². The van der Waals surface area contributed by atoms with Gasteiger partial charge < -0.3 is 20.9 Å². The van der Waals surface area contributed by atoms with Crippen molar-refractivity contribution in [3.63, 3.8) is 0 Å². The van der Waals surface area contributed by atoms with Gasteiger partial charge >= 0.3 is 5.97 Å². The van der Waals surface area contributed by atoms with Crippen LogP contribution in [0.25, 0.3) is 0 Å². The Hall–Kier alpha value is -1.19. The average Bonchev–Trinajstić information content (AvgIpc) is 2.29. The van der Waals surface area contributed by atoms with E-state index in [1.165, 1.54) is 7.11 Å². The van der Waals surface area contributed by atoms with Crippen LogP contribution in [-0.4, -0.2) is 63.2 Å². The number of carboxylic acid groups (broad SMARTS) is 1. The van der Waals surface area contributed by atoms with Crippen molar-refractivity contribution < 1.29 is 27.9 Å². The molecule has 0 saturated carbocycles. The van der Waals surface area contributed by atoms with Crippen LogP contribution in [0.15, 0.2) is 0 Å². The minimum Gasteiger partial charge on any atom is -0.480 e. The van der Waals surface area contributed by atoms with Crippen molar-refractivity contribution in [1.82, 2.24) is 5.32 Å². The van der Waals surface area contributed by atoms with E-state index >= 15 is 0 Å². The van der Waals surface area contributed by atoms with E-state index in [-0.39, 0.29) is 25.2 Å². The zero-order valence-corrected chi connectivity index (χ0v) is 11.8. The molecule has 112 valence electrons. The van der Waals surface area contributed by atoms with Gasteiger partial charge in [-0.15, -0.1) is 0 Å². The summed E-state index contributed by atoms with van der Waals surface area (Å²) < 4.78 is 26.6. The number of sulfone groups is 1. The number of aliphatic carboxylic acids is 1. The number of methoxy groups -OCH3 is 1. The molecule has 0 bridgehead atoms. The van der Waals surface area contributed by atoms with Crippen molar-refractivity contribution in [2.45, 2.75) is 24.9 Å². The highest BCUT2D eigenvalue weighted by atomic mass is 32.2. The Labute approximate surface area is 112 Å². The van der Waals surface area contributed by atoms with Gasteiger partial charge in [-0.2, -0.15) is 0 Å². The summed E-state index contributed by atoms with van der Waals surface area (Å²) in [5.41, 5.74) is 5.50. The standard InChI is InChI=1S/C10H20N2O6S/c1-18-5-3-8(10(14)15)12-9(13)7(11)4-6-19(2,16)17/h7-8H,3-6,11H2,1-2H3,(H,12,13)(H,14,15). The molecule has 1 amide bonds. The number of hydrogen-bond donors (Lipinski definition) is 3. The van der Waals surface area contributed by atoms with Gasteiger partial charge in [0.2, 0.25) is 5.91 Å². The van der Waals surface area contributed by atoms with Crippen LogP contribution in [0.1, 0.15) is 12.8 Å². The molecule has 9 heteroatoms. The van der Waals surface area contributed by atoms with Crippen LogP contribution >= 0.6 is 0 Å². The molecule has 0 rings (SSSR count). The summed E-state index contributed by atoms with van der Waals surface area (Å²) in [6, 6.07) is -2.16. The van der Waals surface area contributed by atoms with E-state index in [1.54, 1.807) is 0 Å².